The topological polar surface area (TPSA) is 74.8 Å². The van der Waals surface area contributed by atoms with Crippen LogP contribution in [0.5, 0.6) is 0 Å². The molecule has 2 aliphatic rings. The zero-order valence-electron chi connectivity index (χ0n) is 18.4. The second-order valence-corrected chi connectivity index (χ2v) is 8.90. The zero-order valence-corrected chi connectivity index (χ0v) is 19.9. The normalized spacial score (nSPS) is 20.3. The minimum Gasteiger partial charge on any atom is -0.444 e. The van der Waals surface area contributed by atoms with E-state index in [1.807, 2.05) is 38.1 Å². The molecule has 2 aromatic rings. The van der Waals surface area contributed by atoms with E-state index in [1.54, 1.807) is 17.2 Å². The number of amides is 2. The molecule has 3 heterocycles. The number of carbonyl (C=O) groups excluding carboxylic acids is 2. The highest BCUT2D eigenvalue weighted by Crippen LogP contribution is 2.35. The second-order valence-electron chi connectivity index (χ2n) is 8.49. The van der Waals surface area contributed by atoms with Gasteiger partial charge in [0.15, 0.2) is 0 Å². The summed E-state index contributed by atoms with van der Waals surface area (Å²) in [7, 11) is 0. The van der Waals surface area contributed by atoms with E-state index in [9.17, 15) is 9.59 Å². The number of hydrogen-bond acceptors (Lipinski definition) is 5. The van der Waals surface area contributed by atoms with Crippen LogP contribution in [0.3, 0.4) is 0 Å². The fourth-order valence-corrected chi connectivity index (χ4v) is 4.62. The summed E-state index contributed by atoms with van der Waals surface area (Å²) in [6.45, 7) is 7.65. The summed E-state index contributed by atoms with van der Waals surface area (Å²) in [6, 6.07) is 9.61. The minimum atomic E-state index is -0.291. The van der Waals surface area contributed by atoms with Crippen LogP contribution >= 0.6 is 24.0 Å². The van der Waals surface area contributed by atoms with Gasteiger partial charge in [-0.05, 0) is 38.3 Å². The predicted molar refractivity (Wildman–Crippen MR) is 128 cm³/mol. The summed E-state index contributed by atoms with van der Waals surface area (Å²) in [6.07, 6.45) is 2.03. The van der Waals surface area contributed by atoms with E-state index in [0.29, 0.717) is 36.1 Å². The van der Waals surface area contributed by atoms with Gasteiger partial charge in [-0.3, -0.25) is 9.69 Å². The van der Waals surface area contributed by atoms with Gasteiger partial charge in [0.2, 0.25) is 0 Å². The smallest absolute Gasteiger partial charge is 0.414 e. The number of nitrogens with one attached hydrogen (secondary N) is 1. The molecular formula is C23H28Cl2N4O3. The molecule has 0 radical (unpaired) electrons. The van der Waals surface area contributed by atoms with Gasteiger partial charge in [-0.1, -0.05) is 36.7 Å². The molecule has 7 nitrogen and oxygen atoms in total. The van der Waals surface area contributed by atoms with E-state index in [1.165, 1.54) is 0 Å². The minimum absolute atomic E-state index is 0. The van der Waals surface area contributed by atoms with Crippen LogP contribution in [-0.4, -0.2) is 42.2 Å². The summed E-state index contributed by atoms with van der Waals surface area (Å²) >= 11 is 6.50. The van der Waals surface area contributed by atoms with E-state index in [-0.39, 0.29) is 42.4 Å². The second kappa shape index (κ2) is 9.96. The zero-order chi connectivity index (χ0) is 22.1. The third-order valence-electron chi connectivity index (χ3n) is 5.79. The fourth-order valence-electron chi connectivity index (χ4n) is 4.33. The number of benzene rings is 1. The molecule has 0 saturated carbocycles. The Labute approximate surface area is 199 Å². The Morgan fingerprint density at radius 1 is 1.31 bits per heavy atom. The summed E-state index contributed by atoms with van der Waals surface area (Å²) in [5.74, 6) is 0.647. The molecule has 172 valence electrons. The highest BCUT2D eigenvalue weighted by atomic mass is 35.5. The van der Waals surface area contributed by atoms with Crippen molar-refractivity contribution in [1.29, 1.82) is 0 Å². The first kappa shape index (κ1) is 24.1. The Morgan fingerprint density at radius 3 is 2.75 bits per heavy atom. The number of piperidine rings is 1. The van der Waals surface area contributed by atoms with Crippen LogP contribution in [0.4, 0.5) is 16.3 Å². The third-order valence-corrected chi connectivity index (χ3v) is 6.07. The standard InChI is InChI=1S/C23H27ClN4O3.ClH/c1-14(2)26-22(29)17-10-18(24)21(25-11-17)27-9-8-19(15(3)12-27)28-20-7-5-4-6-16(20)13-31-23(28)30;/h4-7,10-11,14-15,19H,8-9,12-13H2,1-3H3,(H,26,29);1H/t15-,19+;/m0./s1. The van der Waals surface area contributed by atoms with Crippen molar-refractivity contribution in [2.45, 2.75) is 45.9 Å². The molecule has 0 unspecified atom stereocenters. The molecule has 9 heteroatoms. The van der Waals surface area contributed by atoms with Crippen molar-refractivity contribution in [3.05, 3.63) is 52.7 Å². The number of hydrogen-bond donors (Lipinski definition) is 1. The van der Waals surface area contributed by atoms with E-state index in [4.69, 9.17) is 16.3 Å². The van der Waals surface area contributed by atoms with Crippen LogP contribution in [0.2, 0.25) is 5.02 Å². The van der Waals surface area contributed by atoms with Crippen molar-refractivity contribution >= 4 is 47.5 Å². The maximum Gasteiger partial charge on any atom is 0.414 e. The summed E-state index contributed by atoms with van der Waals surface area (Å²) in [5.41, 5.74) is 2.40. The Kier molecular flexibility index (Phi) is 7.51. The van der Waals surface area contributed by atoms with Crippen molar-refractivity contribution in [3.8, 4) is 0 Å². The number of anilines is 2. The molecule has 2 aliphatic heterocycles. The monoisotopic (exact) mass is 478 g/mol. The van der Waals surface area contributed by atoms with Crippen LogP contribution in [0.15, 0.2) is 36.5 Å². The third kappa shape index (κ3) is 4.79. The molecule has 1 fully saturated rings. The molecule has 32 heavy (non-hydrogen) atoms. The Balaban J connectivity index is 0.00000289. The van der Waals surface area contributed by atoms with Gasteiger partial charge >= 0.3 is 6.09 Å². The quantitative estimate of drug-likeness (QED) is 0.690. The van der Waals surface area contributed by atoms with Crippen LogP contribution < -0.4 is 15.1 Å². The van der Waals surface area contributed by atoms with E-state index >= 15 is 0 Å². The van der Waals surface area contributed by atoms with Gasteiger partial charge in [0, 0.05) is 36.9 Å². The van der Waals surface area contributed by atoms with Crippen LogP contribution in [0.25, 0.3) is 0 Å². The number of ether oxygens (including phenoxy) is 1. The van der Waals surface area contributed by atoms with Crippen LogP contribution in [-0.2, 0) is 11.3 Å². The number of nitrogens with zero attached hydrogens (tertiary/aromatic N) is 3. The van der Waals surface area contributed by atoms with E-state index < -0.39 is 0 Å². The molecule has 1 aromatic heterocycles. The molecule has 4 rings (SSSR count). The molecule has 2 amide bonds. The van der Waals surface area contributed by atoms with Crippen LogP contribution in [0, 0.1) is 5.92 Å². The molecule has 1 N–H and O–H groups in total. The highest BCUT2D eigenvalue weighted by Gasteiger charge is 2.38. The summed E-state index contributed by atoms with van der Waals surface area (Å²) < 4.78 is 5.41. The summed E-state index contributed by atoms with van der Waals surface area (Å²) in [4.78, 5) is 33.2. The Hall–Kier alpha value is -2.51. The van der Waals surface area contributed by atoms with Crippen molar-refractivity contribution < 1.29 is 14.3 Å². The number of carbonyl (C=O) groups is 2. The molecular weight excluding hydrogens is 451 g/mol. The number of pyridine rings is 1. The lowest BCUT2D eigenvalue weighted by atomic mass is 9.91. The van der Waals surface area contributed by atoms with Gasteiger partial charge in [-0.25, -0.2) is 9.78 Å². The lowest BCUT2D eigenvalue weighted by Crippen LogP contribution is -2.54. The number of halogens is 2. The molecule has 0 spiro atoms. The Bertz CT molecular complexity index is 1000. The van der Waals surface area contributed by atoms with Crippen molar-refractivity contribution in [2.75, 3.05) is 22.9 Å². The summed E-state index contributed by atoms with van der Waals surface area (Å²) in [5, 5.41) is 3.30. The van der Waals surface area contributed by atoms with E-state index in [2.05, 4.69) is 22.1 Å². The van der Waals surface area contributed by atoms with Crippen molar-refractivity contribution in [1.82, 2.24) is 10.3 Å². The molecule has 0 aliphatic carbocycles. The van der Waals surface area contributed by atoms with Gasteiger partial charge in [0.05, 0.1) is 16.3 Å². The maximum absolute atomic E-state index is 12.6. The lowest BCUT2D eigenvalue weighted by molar-refractivity contribution is 0.0942. The molecule has 1 aromatic carbocycles. The molecule has 0 bridgehead atoms. The first-order valence-corrected chi connectivity index (χ1v) is 11.0. The van der Waals surface area contributed by atoms with Crippen molar-refractivity contribution in [2.24, 2.45) is 5.92 Å². The first-order valence-electron chi connectivity index (χ1n) is 10.6. The average molecular weight is 479 g/mol. The highest BCUT2D eigenvalue weighted by molar-refractivity contribution is 6.33. The first-order chi connectivity index (χ1) is 14.8. The SMILES string of the molecule is CC(C)NC(=O)c1cnc(N2CC[C@@H](N3C(=O)OCc4ccccc43)[C@@H](C)C2)c(Cl)c1.Cl. The van der Waals surface area contributed by atoms with Crippen molar-refractivity contribution in [3.63, 3.8) is 0 Å². The molecule has 1 saturated heterocycles. The van der Waals surface area contributed by atoms with Gasteiger partial charge < -0.3 is 15.0 Å². The van der Waals surface area contributed by atoms with Gasteiger partial charge in [0.25, 0.3) is 5.91 Å². The van der Waals surface area contributed by atoms with Gasteiger partial charge in [0.1, 0.15) is 12.4 Å². The Morgan fingerprint density at radius 2 is 2.06 bits per heavy atom. The lowest BCUT2D eigenvalue weighted by Gasteiger charge is -2.44. The fraction of sp³-hybridized carbons (Fsp3) is 0.435. The maximum atomic E-state index is 12.6. The number of para-hydroxylation sites is 1. The van der Waals surface area contributed by atoms with Gasteiger partial charge in [-0.2, -0.15) is 0 Å². The number of rotatable bonds is 4. The number of cyclic esters (lactones) is 1. The average Bonchev–Trinajstić information content (AvgIpc) is 2.73. The number of aromatic nitrogens is 1. The number of fused-ring (bicyclic) bond motifs is 1. The molecule has 2 atom stereocenters. The van der Waals surface area contributed by atoms with Gasteiger partial charge in [-0.15, -0.1) is 12.4 Å². The van der Waals surface area contributed by atoms with Crippen LogP contribution in [0.1, 0.15) is 43.1 Å². The predicted octanol–water partition coefficient (Wildman–Crippen LogP) is 4.67. The van der Waals surface area contributed by atoms with E-state index in [0.717, 1.165) is 17.7 Å². The largest absolute Gasteiger partial charge is 0.444 e.